The minimum Gasteiger partial charge on any atom is -0.322 e. The molecule has 146 valence electrons. The summed E-state index contributed by atoms with van der Waals surface area (Å²) in [5.74, 6) is -0.491. The Kier molecular flexibility index (Phi) is 3.95. The van der Waals surface area contributed by atoms with Crippen LogP contribution in [0, 0.1) is 37.5 Å². The van der Waals surface area contributed by atoms with Gasteiger partial charge in [-0.05, 0) is 73.6 Å². The van der Waals surface area contributed by atoms with E-state index in [0.717, 1.165) is 23.2 Å². The van der Waals surface area contributed by atoms with E-state index in [9.17, 15) is 14.4 Å². The number of amides is 3. The van der Waals surface area contributed by atoms with Crippen LogP contribution in [0.3, 0.4) is 0 Å². The van der Waals surface area contributed by atoms with Crippen molar-refractivity contribution in [1.82, 2.24) is 0 Å². The molecule has 3 aliphatic rings. The molecule has 5 nitrogen and oxygen atoms in total. The van der Waals surface area contributed by atoms with Crippen molar-refractivity contribution in [3.63, 3.8) is 0 Å². The molecule has 2 bridgehead atoms. The van der Waals surface area contributed by atoms with Gasteiger partial charge in [-0.15, -0.1) is 0 Å². The van der Waals surface area contributed by atoms with Crippen molar-refractivity contribution in [2.75, 3.05) is 10.2 Å². The minimum absolute atomic E-state index is 0.107. The van der Waals surface area contributed by atoms with Crippen molar-refractivity contribution in [3.8, 4) is 0 Å². The number of carbonyl (C=O) groups is 3. The summed E-state index contributed by atoms with van der Waals surface area (Å²) < 4.78 is 0. The van der Waals surface area contributed by atoms with Crippen LogP contribution < -0.4 is 10.2 Å². The fourth-order valence-electron chi connectivity index (χ4n) is 5.00. The monoisotopic (exact) mass is 386 g/mol. The van der Waals surface area contributed by atoms with Crippen LogP contribution in [0.4, 0.5) is 11.4 Å². The van der Waals surface area contributed by atoms with E-state index < -0.39 is 0 Å². The lowest BCUT2D eigenvalue weighted by Gasteiger charge is -2.17. The summed E-state index contributed by atoms with van der Waals surface area (Å²) in [4.78, 5) is 39.8. The standard InChI is InChI=1S/C24H22N2O3/c1-13-4-3-5-19(14(13)2)25-22(27)15-8-10-18(11-9-15)26-23(28)20-16-6-7-17(12-16)21(20)24(26)29/h3-11,16-17,20-21H,12H2,1-2H3,(H,25,27)/t16-,17+,20-,21-/m0/s1. The maximum absolute atomic E-state index is 12.9. The first kappa shape index (κ1) is 17.9. The van der Waals surface area contributed by atoms with Crippen molar-refractivity contribution in [2.24, 2.45) is 23.7 Å². The number of nitrogens with zero attached hydrogens (tertiary/aromatic N) is 1. The Bertz CT molecular complexity index is 1040. The van der Waals surface area contributed by atoms with E-state index in [-0.39, 0.29) is 41.4 Å². The Morgan fingerprint density at radius 2 is 1.55 bits per heavy atom. The lowest BCUT2D eigenvalue weighted by Crippen LogP contribution is -2.32. The summed E-state index contributed by atoms with van der Waals surface area (Å²) in [6, 6.07) is 12.5. The SMILES string of the molecule is Cc1cccc(NC(=O)c2ccc(N3C(=O)[C@@H]4[C@@H](C3=O)[C@H]3C=C[C@@H]4C3)cc2)c1C. The van der Waals surface area contributed by atoms with Gasteiger partial charge in [0.1, 0.15) is 0 Å². The van der Waals surface area contributed by atoms with Crippen molar-refractivity contribution >= 4 is 29.1 Å². The fraction of sp³-hybridized carbons (Fsp3) is 0.292. The van der Waals surface area contributed by atoms with E-state index in [4.69, 9.17) is 0 Å². The summed E-state index contributed by atoms with van der Waals surface area (Å²) in [6.45, 7) is 3.97. The number of carbonyl (C=O) groups excluding carboxylic acids is 3. The molecule has 0 aromatic heterocycles. The second-order valence-corrected chi connectivity index (χ2v) is 8.26. The first-order valence-electron chi connectivity index (χ1n) is 9.99. The summed E-state index contributed by atoms with van der Waals surface area (Å²) >= 11 is 0. The number of allylic oxidation sites excluding steroid dienone is 2. The van der Waals surface area contributed by atoms with Crippen LogP contribution in [-0.4, -0.2) is 17.7 Å². The number of anilines is 2. The number of hydrogen-bond acceptors (Lipinski definition) is 3. The van der Waals surface area contributed by atoms with Crippen molar-refractivity contribution in [2.45, 2.75) is 20.3 Å². The molecule has 2 fully saturated rings. The maximum Gasteiger partial charge on any atom is 0.255 e. The molecule has 1 heterocycles. The van der Waals surface area contributed by atoms with E-state index in [0.29, 0.717) is 11.3 Å². The van der Waals surface area contributed by atoms with Crippen LogP contribution >= 0.6 is 0 Å². The van der Waals surface area contributed by atoms with E-state index in [1.165, 1.54) is 4.90 Å². The molecule has 0 spiro atoms. The highest BCUT2D eigenvalue weighted by Crippen LogP contribution is 2.53. The number of benzene rings is 2. The van der Waals surface area contributed by atoms with Gasteiger partial charge >= 0.3 is 0 Å². The predicted octanol–water partition coefficient (Wildman–Crippen LogP) is 3.87. The topological polar surface area (TPSA) is 66.5 Å². The molecule has 5 heteroatoms. The van der Waals surface area contributed by atoms with Gasteiger partial charge in [-0.2, -0.15) is 0 Å². The highest BCUT2D eigenvalue weighted by atomic mass is 16.2. The van der Waals surface area contributed by atoms with Crippen LogP contribution in [0.25, 0.3) is 0 Å². The van der Waals surface area contributed by atoms with Gasteiger partial charge in [0.25, 0.3) is 5.91 Å². The third-order valence-corrected chi connectivity index (χ3v) is 6.71. The van der Waals surface area contributed by atoms with Gasteiger partial charge < -0.3 is 5.32 Å². The number of hydrogen-bond donors (Lipinski definition) is 1. The number of rotatable bonds is 3. The molecule has 1 saturated heterocycles. The lowest BCUT2D eigenvalue weighted by molar-refractivity contribution is -0.123. The van der Waals surface area contributed by atoms with Gasteiger partial charge in [0.05, 0.1) is 17.5 Å². The van der Waals surface area contributed by atoms with Crippen molar-refractivity contribution in [1.29, 1.82) is 0 Å². The Morgan fingerprint density at radius 3 is 2.17 bits per heavy atom. The molecule has 1 aliphatic heterocycles. The number of imide groups is 1. The molecule has 1 saturated carbocycles. The molecule has 2 aromatic rings. The summed E-state index contributed by atoms with van der Waals surface area (Å²) in [7, 11) is 0. The van der Waals surface area contributed by atoms with Gasteiger partial charge in [-0.25, -0.2) is 0 Å². The molecule has 3 amide bonds. The number of nitrogens with one attached hydrogen (secondary N) is 1. The van der Waals surface area contributed by atoms with Crippen molar-refractivity contribution < 1.29 is 14.4 Å². The summed E-state index contributed by atoms with van der Waals surface area (Å²) in [5, 5.41) is 2.93. The summed E-state index contributed by atoms with van der Waals surface area (Å²) in [6.07, 6.45) is 5.08. The van der Waals surface area contributed by atoms with E-state index in [1.807, 2.05) is 32.0 Å². The lowest BCUT2D eigenvalue weighted by atomic mass is 9.85. The fourth-order valence-corrected chi connectivity index (χ4v) is 5.00. The largest absolute Gasteiger partial charge is 0.322 e. The third kappa shape index (κ3) is 2.64. The van der Waals surface area contributed by atoms with E-state index in [1.54, 1.807) is 24.3 Å². The molecule has 29 heavy (non-hydrogen) atoms. The molecule has 0 radical (unpaired) electrons. The number of fused-ring (bicyclic) bond motifs is 5. The van der Waals surface area contributed by atoms with Crippen LogP contribution in [0.1, 0.15) is 27.9 Å². The zero-order chi connectivity index (χ0) is 20.3. The van der Waals surface area contributed by atoms with Crippen molar-refractivity contribution in [3.05, 3.63) is 71.3 Å². The minimum atomic E-state index is -0.219. The molecule has 2 aliphatic carbocycles. The van der Waals surface area contributed by atoms with Gasteiger partial charge in [-0.1, -0.05) is 24.3 Å². The quantitative estimate of drug-likeness (QED) is 0.643. The smallest absolute Gasteiger partial charge is 0.255 e. The predicted molar refractivity (Wildman–Crippen MR) is 111 cm³/mol. The number of aryl methyl sites for hydroxylation is 1. The van der Waals surface area contributed by atoms with E-state index in [2.05, 4.69) is 17.5 Å². The Labute approximate surface area is 169 Å². The van der Waals surface area contributed by atoms with Gasteiger partial charge in [0, 0.05) is 11.3 Å². The Morgan fingerprint density at radius 1 is 0.931 bits per heavy atom. The highest BCUT2D eigenvalue weighted by Gasteiger charge is 2.59. The van der Waals surface area contributed by atoms with Crippen LogP contribution in [0.2, 0.25) is 0 Å². The Hall–Kier alpha value is -3.21. The van der Waals surface area contributed by atoms with Gasteiger partial charge in [-0.3, -0.25) is 19.3 Å². The highest BCUT2D eigenvalue weighted by molar-refractivity contribution is 6.23. The first-order chi connectivity index (χ1) is 14.0. The maximum atomic E-state index is 12.9. The Balaban J connectivity index is 1.36. The van der Waals surface area contributed by atoms with Gasteiger partial charge in [0.2, 0.25) is 11.8 Å². The van der Waals surface area contributed by atoms with Crippen LogP contribution in [-0.2, 0) is 9.59 Å². The zero-order valence-corrected chi connectivity index (χ0v) is 16.4. The normalized spacial score (nSPS) is 26.9. The zero-order valence-electron chi connectivity index (χ0n) is 16.4. The van der Waals surface area contributed by atoms with Crippen LogP contribution in [0.15, 0.2) is 54.6 Å². The average molecular weight is 386 g/mol. The van der Waals surface area contributed by atoms with E-state index >= 15 is 0 Å². The second kappa shape index (κ2) is 6.41. The molecule has 1 N–H and O–H groups in total. The molecule has 0 unspecified atom stereocenters. The molecule has 5 rings (SSSR count). The molecular weight excluding hydrogens is 364 g/mol. The third-order valence-electron chi connectivity index (χ3n) is 6.71. The first-order valence-corrected chi connectivity index (χ1v) is 9.99. The average Bonchev–Trinajstić information content (AvgIpc) is 3.39. The molecule has 2 aromatic carbocycles. The second-order valence-electron chi connectivity index (χ2n) is 8.26. The molecule has 4 atom stereocenters. The summed E-state index contributed by atoms with van der Waals surface area (Å²) in [5.41, 5.74) is 3.94. The van der Waals surface area contributed by atoms with Crippen LogP contribution in [0.5, 0.6) is 0 Å². The van der Waals surface area contributed by atoms with Gasteiger partial charge in [0.15, 0.2) is 0 Å². The molecular formula is C24H22N2O3.